The van der Waals surface area contributed by atoms with Crippen molar-refractivity contribution in [2.24, 2.45) is 11.7 Å². The molecular formula is C12H13F4N. The predicted molar refractivity (Wildman–Crippen MR) is 56.0 cm³/mol. The molecule has 1 saturated carbocycles. The summed E-state index contributed by atoms with van der Waals surface area (Å²) >= 11 is 0. The first kappa shape index (κ1) is 12.4. The first-order chi connectivity index (χ1) is 7.88. The lowest BCUT2D eigenvalue weighted by atomic mass is 9.89. The minimum Gasteiger partial charge on any atom is -0.327 e. The van der Waals surface area contributed by atoms with E-state index in [0.29, 0.717) is 12.8 Å². The lowest BCUT2D eigenvalue weighted by Crippen LogP contribution is -2.32. The molecule has 1 fully saturated rings. The van der Waals surface area contributed by atoms with Crippen LogP contribution in [-0.4, -0.2) is 6.54 Å². The van der Waals surface area contributed by atoms with Crippen LogP contribution < -0.4 is 5.73 Å². The van der Waals surface area contributed by atoms with E-state index in [1.54, 1.807) is 0 Å². The van der Waals surface area contributed by atoms with E-state index in [0.717, 1.165) is 12.1 Å². The molecule has 2 rings (SSSR count). The lowest BCUT2D eigenvalue weighted by molar-refractivity contribution is -0.137. The minimum atomic E-state index is -4.45. The van der Waals surface area contributed by atoms with Crippen molar-refractivity contribution in [3.8, 4) is 0 Å². The molecule has 94 valence electrons. The minimum absolute atomic E-state index is 0.0392. The molecule has 1 aromatic carbocycles. The van der Waals surface area contributed by atoms with Crippen molar-refractivity contribution < 1.29 is 17.6 Å². The van der Waals surface area contributed by atoms with Gasteiger partial charge in [-0.15, -0.1) is 0 Å². The number of halogens is 4. The third-order valence-electron chi connectivity index (χ3n) is 3.19. The van der Waals surface area contributed by atoms with Gasteiger partial charge >= 0.3 is 6.18 Å². The van der Waals surface area contributed by atoms with Crippen LogP contribution in [0.1, 0.15) is 24.0 Å². The number of hydrogen-bond acceptors (Lipinski definition) is 1. The largest absolute Gasteiger partial charge is 0.416 e. The fourth-order valence-electron chi connectivity index (χ4n) is 2.02. The number of hydrogen-bond donors (Lipinski definition) is 1. The summed E-state index contributed by atoms with van der Waals surface area (Å²) in [6.45, 7) is -0.279. The van der Waals surface area contributed by atoms with Crippen LogP contribution in [0, 0.1) is 5.92 Å². The van der Waals surface area contributed by atoms with E-state index in [9.17, 15) is 17.6 Å². The van der Waals surface area contributed by atoms with Gasteiger partial charge in [0, 0.05) is 6.54 Å². The average molecular weight is 247 g/mol. The third-order valence-corrected chi connectivity index (χ3v) is 3.19. The van der Waals surface area contributed by atoms with Gasteiger partial charge in [0.25, 0.3) is 0 Å². The highest BCUT2D eigenvalue weighted by Crippen LogP contribution is 2.48. The maximum atomic E-state index is 14.5. The molecule has 2 N–H and O–H groups in total. The molecule has 17 heavy (non-hydrogen) atoms. The molecular weight excluding hydrogens is 234 g/mol. The van der Waals surface area contributed by atoms with Gasteiger partial charge in [-0.3, -0.25) is 0 Å². The third kappa shape index (κ3) is 2.29. The zero-order valence-corrected chi connectivity index (χ0v) is 9.10. The molecule has 1 nitrogen and oxygen atoms in total. The van der Waals surface area contributed by atoms with Gasteiger partial charge in [0.05, 0.1) is 5.56 Å². The molecule has 0 radical (unpaired) electrons. The van der Waals surface area contributed by atoms with Crippen molar-refractivity contribution in [1.82, 2.24) is 0 Å². The molecule has 0 bridgehead atoms. The first-order valence-electron chi connectivity index (χ1n) is 5.44. The van der Waals surface area contributed by atoms with Gasteiger partial charge in [0.1, 0.15) is 0 Å². The van der Waals surface area contributed by atoms with E-state index < -0.39 is 17.4 Å². The van der Waals surface area contributed by atoms with Gasteiger partial charge in [-0.05, 0) is 36.5 Å². The quantitative estimate of drug-likeness (QED) is 0.815. The maximum absolute atomic E-state index is 14.5. The van der Waals surface area contributed by atoms with Crippen molar-refractivity contribution in [2.45, 2.75) is 24.7 Å². The second-order valence-electron chi connectivity index (χ2n) is 4.42. The first-order valence-corrected chi connectivity index (χ1v) is 5.44. The van der Waals surface area contributed by atoms with Gasteiger partial charge in [-0.1, -0.05) is 12.1 Å². The molecule has 5 heteroatoms. The summed E-state index contributed by atoms with van der Waals surface area (Å²) in [5.74, 6) is -0.240. The molecule has 1 aromatic rings. The van der Waals surface area contributed by atoms with Crippen molar-refractivity contribution in [3.63, 3.8) is 0 Å². The topological polar surface area (TPSA) is 26.0 Å². The molecule has 1 atom stereocenters. The Kier molecular flexibility index (Phi) is 2.89. The monoisotopic (exact) mass is 247 g/mol. The van der Waals surface area contributed by atoms with E-state index in [1.165, 1.54) is 12.1 Å². The summed E-state index contributed by atoms with van der Waals surface area (Å²) in [5.41, 5.74) is 2.78. The Morgan fingerprint density at radius 1 is 1.12 bits per heavy atom. The highest BCUT2D eigenvalue weighted by atomic mass is 19.4. The molecule has 0 spiro atoms. The molecule has 1 unspecified atom stereocenters. The van der Waals surface area contributed by atoms with Gasteiger partial charge in [0.2, 0.25) is 0 Å². The van der Waals surface area contributed by atoms with Crippen LogP contribution in [0.5, 0.6) is 0 Å². The molecule has 1 aliphatic carbocycles. The van der Waals surface area contributed by atoms with Gasteiger partial charge in [-0.25, -0.2) is 4.39 Å². The standard InChI is InChI=1S/C12H13F4N/c13-11(7-17,8-4-5-8)9-2-1-3-10(6-9)12(14,15)16/h1-3,6,8H,4-5,7,17H2. The van der Waals surface area contributed by atoms with Gasteiger partial charge < -0.3 is 5.73 Å². The van der Waals surface area contributed by atoms with E-state index in [1.807, 2.05) is 0 Å². The van der Waals surface area contributed by atoms with E-state index in [4.69, 9.17) is 5.73 Å². The van der Waals surface area contributed by atoms with Crippen LogP contribution >= 0.6 is 0 Å². The molecule has 0 heterocycles. The van der Waals surface area contributed by atoms with Crippen LogP contribution in [0.2, 0.25) is 0 Å². The van der Waals surface area contributed by atoms with Crippen molar-refractivity contribution in [2.75, 3.05) is 6.54 Å². The maximum Gasteiger partial charge on any atom is 0.416 e. The Morgan fingerprint density at radius 2 is 1.71 bits per heavy atom. The van der Waals surface area contributed by atoms with E-state index in [-0.39, 0.29) is 18.0 Å². The SMILES string of the molecule is NCC(F)(c1cccc(C(F)(F)F)c1)C1CC1. The molecule has 0 aromatic heterocycles. The summed E-state index contributed by atoms with van der Waals surface area (Å²) in [6, 6.07) is 4.41. The summed E-state index contributed by atoms with van der Waals surface area (Å²) in [6.07, 6.45) is -3.08. The number of alkyl halides is 4. The average Bonchev–Trinajstić information content (AvgIpc) is 3.11. The van der Waals surface area contributed by atoms with Crippen LogP contribution in [0.4, 0.5) is 17.6 Å². The summed E-state index contributed by atoms with van der Waals surface area (Å²) in [5, 5.41) is 0. The Morgan fingerprint density at radius 3 is 2.18 bits per heavy atom. The Balaban J connectivity index is 2.38. The Labute approximate surface area is 96.6 Å². The van der Waals surface area contributed by atoms with Gasteiger partial charge in [-0.2, -0.15) is 13.2 Å². The highest BCUT2D eigenvalue weighted by molar-refractivity contribution is 5.32. The second-order valence-corrected chi connectivity index (χ2v) is 4.42. The molecule has 0 amide bonds. The second kappa shape index (κ2) is 3.98. The summed E-state index contributed by atoms with van der Waals surface area (Å²) in [4.78, 5) is 0. The lowest BCUT2D eigenvalue weighted by Gasteiger charge is -2.24. The fourth-order valence-corrected chi connectivity index (χ4v) is 2.02. The highest BCUT2D eigenvalue weighted by Gasteiger charge is 2.46. The number of benzene rings is 1. The smallest absolute Gasteiger partial charge is 0.327 e. The Bertz CT molecular complexity index is 411. The van der Waals surface area contributed by atoms with E-state index >= 15 is 0 Å². The van der Waals surface area contributed by atoms with Crippen LogP contribution in [0.15, 0.2) is 24.3 Å². The molecule has 0 aliphatic heterocycles. The number of rotatable bonds is 3. The van der Waals surface area contributed by atoms with Crippen molar-refractivity contribution in [3.05, 3.63) is 35.4 Å². The Hall–Kier alpha value is -1.10. The van der Waals surface area contributed by atoms with Crippen LogP contribution in [0.25, 0.3) is 0 Å². The van der Waals surface area contributed by atoms with Crippen molar-refractivity contribution in [1.29, 1.82) is 0 Å². The predicted octanol–water partition coefficient (Wildman–Crippen LogP) is 3.24. The normalized spacial score (nSPS) is 20.1. The number of nitrogens with two attached hydrogens (primary N) is 1. The molecule has 1 aliphatic rings. The zero-order chi connectivity index (χ0) is 12.7. The van der Waals surface area contributed by atoms with Crippen molar-refractivity contribution >= 4 is 0 Å². The fraction of sp³-hybridized carbons (Fsp3) is 0.500. The van der Waals surface area contributed by atoms with Crippen LogP contribution in [-0.2, 0) is 11.8 Å². The summed E-state index contributed by atoms with van der Waals surface area (Å²) in [7, 11) is 0. The zero-order valence-electron chi connectivity index (χ0n) is 9.10. The van der Waals surface area contributed by atoms with Gasteiger partial charge in [0.15, 0.2) is 5.67 Å². The summed E-state index contributed by atoms with van der Waals surface area (Å²) < 4.78 is 52.1. The van der Waals surface area contributed by atoms with E-state index in [2.05, 4.69) is 0 Å². The molecule has 0 saturated heterocycles. The van der Waals surface area contributed by atoms with Crippen LogP contribution in [0.3, 0.4) is 0 Å².